The number of carbonyl (C=O) groups is 1. The quantitative estimate of drug-likeness (QED) is 0.798. The Hall–Kier alpha value is -2.41. The first-order valence-corrected chi connectivity index (χ1v) is 8.84. The summed E-state index contributed by atoms with van der Waals surface area (Å²) in [5, 5.41) is 4.33. The Bertz CT molecular complexity index is 732. The topological polar surface area (TPSA) is 63.5 Å². The minimum atomic E-state index is -0.190. The van der Waals surface area contributed by atoms with Crippen LogP contribution in [0.4, 0.5) is 4.79 Å². The molecule has 0 radical (unpaired) electrons. The molecule has 2 aliphatic heterocycles. The lowest BCUT2D eigenvalue weighted by molar-refractivity contribution is 0.120. The second-order valence-electron chi connectivity index (χ2n) is 6.65. The number of amides is 1. The lowest BCUT2D eigenvalue weighted by atomic mass is 10.2. The molecule has 2 saturated heterocycles. The molecule has 2 aromatic heterocycles. The number of hydrogen-bond acceptors (Lipinski definition) is 5. The molecule has 4 rings (SSSR count). The maximum Gasteiger partial charge on any atom is 0.410 e. The highest BCUT2D eigenvalue weighted by Gasteiger charge is 2.47. The molecule has 4 heterocycles. The highest BCUT2D eigenvalue weighted by atomic mass is 16.6. The molecule has 2 atom stereocenters. The summed E-state index contributed by atoms with van der Waals surface area (Å²) in [5.74, 6) is 0. The van der Waals surface area contributed by atoms with E-state index in [0.29, 0.717) is 6.54 Å². The van der Waals surface area contributed by atoms with Crippen LogP contribution in [0.1, 0.15) is 18.2 Å². The van der Waals surface area contributed by atoms with E-state index >= 15 is 0 Å². The predicted octanol–water partition coefficient (Wildman–Crippen LogP) is 1.55. The van der Waals surface area contributed by atoms with Crippen LogP contribution in [0.2, 0.25) is 0 Å². The number of pyridine rings is 1. The number of hydrogen-bond donors (Lipinski definition) is 0. The molecule has 25 heavy (non-hydrogen) atoms. The van der Waals surface area contributed by atoms with Gasteiger partial charge in [-0.15, -0.1) is 0 Å². The van der Waals surface area contributed by atoms with Gasteiger partial charge in [-0.25, -0.2) is 4.79 Å². The summed E-state index contributed by atoms with van der Waals surface area (Å²) in [6.45, 7) is 6.08. The van der Waals surface area contributed by atoms with Crippen LogP contribution in [0.25, 0.3) is 0 Å². The van der Waals surface area contributed by atoms with Crippen LogP contribution in [-0.2, 0) is 24.2 Å². The van der Waals surface area contributed by atoms with Crippen molar-refractivity contribution in [3.8, 4) is 0 Å². The van der Waals surface area contributed by atoms with E-state index in [-0.39, 0.29) is 18.2 Å². The van der Waals surface area contributed by atoms with Crippen molar-refractivity contribution in [1.29, 1.82) is 0 Å². The first-order chi connectivity index (χ1) is 12.2. The number of ether oxygens (including phenoxy) is 1. The monoisotopic (exact) mass is 341 g/mol. The summed E-state index contributed by atoms with van der Waals surface area (Å²) in [5.41, 5.74) is 2.20. The average molecular weight is 341 g/mol. The summed E-state index contributed by atoms with van der Waals surface area (Å²) in [6.07, 6.45) is 6.32. The van der Waals surface area contributed by atoms with Crippen LogP contribution in [-0.4, -0.2) is 62.4 Å². The fourth-order valence-electron chi connectivity index (χ4n) is 3.67. The van der Waals surface area contributed by atoms with Gasteiger partial charge in [0, 0.05) is 62.8 Å². The van der Waals surface area contributed by atoms with Crippen molar-refractivity contribution in [3.63, 3.8) is 0 Å². The first-order valence-electron chi connectivity index (χ1n) is 8.84. The van der Waals surface area contributed by atoms with Gasteiger partial charge in [0.25, 0.3) is 0 Å². The van der Waals surface area contributed by atoms with Crippen molar-refractivity contribution < 1.29 is 9.53 Å². The van der Waals surface area contributed by atoms with E-state index in [1.807, 2.05) is 34.0 Å². The largest absolute Gasteiger partial charge is 0.442 e. The summed E-state index contributed by atoms with van der Waals surface area (Å²) < 4.78 is 7.52. The fraction of sp³-hybridized carbons (Fsp3) is 0.500. The van der Waals surface area contributed by atoms with E-state index < -0.39 is 0 Å². The number of likely N-dealkylation sites (tertiary alicyclic amines) is 1. The third-order valence-corrected chi connectivity index (χ3v) is 4.95. The Morgan fingerprint density at radius 3 is 3.00 bits per heavy atom. The molecule has 7 nitrogen and oxygen atoms in total. The van der Waals surface area contributed by atoms with Gasteiger partial charge in [-0.3, -0.25) is 19.5 Å². The normalized spacial score (nSPS) is 23.1. The lowest BCUT2D eigenvalue weighted by Crippen LogP contribution is -2.39. The van der Waals surface area contributed by atoms with Crippen molar-refractivity contribution in [2.75, 3.05) is 19.6 Å². The second kappa shape index (κ2) is 6.84. The molecule has 2 aliphatic rings. The Kier molecular flexibility index (Phi) is 4.40. The smallest absolute Gasteiger partial charge is 0.410 e. The molecule has 7 heteroatoms. The van der Waals surface area contributed by atoms with Gasteiger partial charge < -0.3 is 4.74 Å². The average Bonchev–Trinajstić information content (AvgIpc) is 3.29. The van der Waals surface area contributed by atoms with Crippen LogP contribution in [0.5, 0.6) is 0 Å². The number of aryl methyl sites for hydroxylation is 1. The maximum absolute atomic E-state index is 12.2. The molecule has 0 saturated carbocycles. The van der Waals surface area contributed by atoms with E-state index in [2.05, 4.69) is 28.1 Å². The fourth-order valence-corrected chi connectivity index (χ4v) is 3.67. The molecule has 0 spiro atoms. The summed E-state index contributed by atoms with van der Waals surface area (Å²) in [6, 6.07) is 6.00. The molecule has 1 amide bonds. The van der Waals surface area contributed by atoms with Crippen molar-refractivity contribution in [3.05, 3.63) is 48.0 Å². The summed E-state index contributed by atoms with van der Waals surface area (Å²) >= 11 is 0. The molecule has 132 valence electrons. The van der Waals surface area contributed by atoms with Gasteiger partial charge in [-0.2, -0.15) is 5.10 Å². The van der Waals surface area contributed by atoms with Gasteiger partial charge in [0.2, 0.25) is 0 Å². The van der Waals surface area contributed by atoms with E-state index in [4.69, 9.17) is 4.74 Å². The van der Waals surface area contributed by atoms with E-state index in [1.54, 1.807) is 6.20 Å². The number of fused-ring (bicyclic) bond motifs is 1. The summed E-state index contributed by atoms with van der Waals surface area (Å²) in [7, 11) is 0. The third kappa shape index (κ3) is 3.37. The third-order valence-electron chi connectivity index (χ3n) is 4.95. The number of nitrogens with zero attached hydrogens (tertiary/aromatic N) is 5. The van der Waals surface area contributed by atoms with Crippen molar-refractivity contribution in [2.45, 2.75) is 38.6 Å². The predicted molar refractivity (Wildman–Crippen MR) is 91.9 cm³/mol. The Morgan fingerprint density at radius 2 is 2.24 bits per heavy atom. The van der Waals surface area contributed by atoms with Crippen molar-refractivity contribution in [2.24, 2.45) is 0 Å². The molecule has 0 aromatic carbocycles. The van der Waals surface area contributed by atoms with E-state index in [1.165, 1.54) is 5.56 Å². The van der Waals surface area contributed by atoms with Crippen LogP contribution >= 0.6 is 0 Å². The molecule has 2 aromatic rings. The molecule has 0 bridgehead atoms. The molecular weight excluding hydrogens is 318 g/mol. The van der Waals surface area contributed by atoms with Crippen LogP contribution in [0, 0.1) is 0 Å². The van der Waals surface area contributed by atoms with Gasteiger partial charge in [0.1, 0.15) is 6.10 Å². The van der Waals surface area contributed by atoms with Crippen LogP contribution in [0.3, 0.4) is 0 Å². The molecular formula is C18H23N5O2. The molecule has 0 aliphatic carbocycles. The van der Waals surface area contributed by atoms with Gasteiger partial charge >= 0.3 is 6.09 Å². The second-order valence-corrected chi connectivity index (χ2v) is 6.65. The van der Waals surface area contributed by atoms with E-state index in [0.717, 1.165) is 38.3 Å². The first kappa shape index (κ1) is 16.1. The van der Waals surface area contributed by atoms with Gasteiger partial charge in [0.15, 0.2) is 0 Å². The Morgan fingerprint density at radius 1 is 1.32 bits per heavy atom. The standard InChI is InChI=1S/C18H23N5O2/c1-2-22-11-14(9-20-22)10-21-12-16-17(13-21)25-18(24)23(16)8-6-15-5-3-4-7-19-15/h3-5,7,9,11,16-17H,2,6,8,10,12-13H2,1H3/t16-,17+/m0/s1. The van der Waals surface area contributed by atoms with Crippen LogP contribution in [0.15, 0.2) is 36.8 Å². The zero-order chi connectivity index (χ0) is 17.2. The SMILES string of the molecule is CCn1cc(CN2C[C@H]3OC(=O)N(CCc4ccccn4)[C@H]3C2)cn1. The highest BCUT2D eigenvalue weighted by Crippen LogP contribution is 2.28. The number of carbonyl (C=O) groups excluding carboxylic acids is 1. The zero-order valence-corrected chi connectivity index (χ0v) is 14.4. The molecule has 0 N–H and O–H groups in total. The minimum Gasteiger partial charge on any atom is -0.442 e. The number of aromatic nitrogens is 3. The molecule has 2 fully saturated rings. The van der Waals surface area contributed by atoms with E-state index in [9.17, 15) is 4.79 Å². The van der Waals surface area contributed by atoms with Gasteiger partial charge in [-0.05, 0) is 19.1 Å². The lowest BCUT2D eigenvalue weighted by Gasteiger charge is -2.22. The van der Waals surface area contributed by atoms with Gasteiger partial charge in [-0.1, -0.05) is 6.07 Å². The van der Waals surface area contributed by atoms with Crippen molar-refractivity contribution >= 4 is 6.09 Å². The highest BCUT2D eigenvalue weighted by molar-refractivity contribution is 5.71. The zero-order valence-electron chi connectivity index (χ0n) is 14.4. The van der Waals surface area contributed by atoms with Crippen LogP contribution < -0.4 is 0 Å². The maximum atomic E-state index is 12.2. The minimum absolute atomic E-state index is 0.0301. The Balaban J connectivity index is 1.36. The van der Waals surface area contributed by atoms with Gasteiger partial charge in [0.05, 0.1) is 12.2 Å². The molecule has 0 unspecified atom stereocenters. The summed E-state index contributed by atoms with van der Waals surface area (Å²) in [4.78, 5) is 20.7. The Labute approximate surface area is 147 Å². The van der Waals surface area contributed by atoms with Crippen molar-refractivity contribution in [1.82, 2.24) is 24.6 Å². The number of rotatable bonds is 6.